The largest absolute Gasteiger partial charge is 0.493 e. The summed E-state index contributed by atoms with van der Waals surface area (Å²) in [5, 5.41) is 12.9. The number of aliphatic hydroxyl groups excluding tert-OH is 1. The van der Waals surface area contributed by atoms with Crippen molar-refractivity contribution in [3.63, 3.8) is 0 Å². The molecule has 1 saturated carbocycles. The van der Waals surface area contributed by atoms with Crippen molar-refractivity contribution in [1.82, 2.24) is 0 Å². The Morgan fingerprint density at radius 1 is 1.11 bits per heavy atom. The lowest BCUT2D eigenvalue weighted by Gasteiger charge is -2.25. The SMILES string of the molecule is COc1ccc(NCC2CCC(O)CC2)cc1OC. The standard InChI is InChI=1S/C15H23NO3/c1-18-14-8-5-12(9-15(14)19-2)16-10-11-3-6-13(17)7-4-11/h5,8-9,11,13,16-17H,3-4,6-7,10H2,1-2H3. The summed E-state index contributed by atoms with van der Waals surface area (Å²) in [5.41, 5.74) is 1.05. The highest BCUT2D eigenvalue weighted by atomic mass is 16.5. The lowest BCUT2D eigenvalue weighted by atomic mass is 9.87. The molecule has 1 aromatic carbocycles. The summed E-state index contributed by atoms with van der Waals surface area (Å²) in [6.07, 6.45) is 3.97. The van der Waals surface area contributed by atoms with Crippen LogP contribution in [-0.4, -0.2) is 32.0 Å². The van der Waals surface area contributed by atoms with Crippen LogP contribution in [0.4, 0.5) is 5.69 Å². The average molecular weight is 265 g/mol. The predicted molar refractivity (Wildman–Crippen MR) is 76.0 cm³/mol. The molecule has 0 aliphatic heterocycles. The van der Waals surface area contributed by atoms with Crippen LogP contribution in [0.3, 0.4) is 0 Å². The van der Waals surface area contributed by atoms with Crippen molar-refractivity contribution >= 4 is 5.69 Å². The highest BCUT2D eigenvalue weighted by Gasteiger charge is 2.19. The zero-order valence-corrected chi connectivity index (χ0v) is 11.7. The molecule has 0 atom stereocenters. The van der Waals surface area contributed by atoms with E-state index >= 15 is 0 Å². The second kappa shape index (κ2) is 6.66. The van der Waals surface area contributed by atoms with Gasteiger partial charge in [-0.1, -0.05) is 0 Å². The van der Waals surface area contributed by atoms with Gasteiger partial charge in [-0.2, -0.15) is 0 Å². The van der Waals surface area contributed by atoms with Crippen LogP contribution in [0.2, 0.25) is 0 Å². The van der Waals surface area contributed by atoms with E-state index in [0.29, 0.717) is 5.92 Å². The molecular weight excluding hydrogens is 242 g/mol. The fourth-order valence-corrected chi connectivity index (χ4v) is 2.56. The van der Waals surface area contributed by atoms with Crippen molar-refractivity contribution in [1.29, 1.82) is 0 Å². The molecule has 0 spiro atoms. The molecule has 1 aliphatic carbocycles. The molecule has 1 aromatic rings. The molecule has 1 fully saturated rings. The summed E-state index contributed by atoms with van der Waals surface area (Å²) in [7, 11) is 3.28. The smallest absolute Gasteiger partial charge is 0.162 e. The molecule has 2 rings (SSSR count). The Hall–Kier alpha value is -1.42. The van der Waals surface area contributed by atoms with Gasteiger partial charge in [-0.3, -0.25) is 0 Å². The normalized spacial score (nSPS) is 22.9. The van der Waals surface area contributed by atoms with E-state index in [0.717, 1.165) is 49.4 Å². The molecule has 0 bridgehead atoms. The minimum atomic E-state index is -0.0858. The Labute approximate surface area is 114 Å². The lowest BCUT2D eigenvalue weighted by Crippen LogP contribution is -2.23. The number of hydrogen-bond donors (Lipinski definition) is 2. The number of rotatable bonds is 5. The van der Waals surface area contributed by atoms with E-state index in [9.17, 15) is 5.11 Å². The van der Waals surface area contributed by atoms with Crippen LogP contribution in [0, 0.1) is 5.92 Å². The third-order valence-electron chi connectivity index (χ3n) is 3.79. The minimum absolute atomic E-state index is 0.0858. The maximum atomic E-state index is 9.49. The van der Waals surface area contributed by atoms with Crippen molar-refractivity contribution in [2.75, 3.05) is 26.1 Å². The van der Waals surface area contributed by atoms with Gasteiger partial charge in [0.1, 0.15) is 0 Å². The zero-order valence-electron chi connectivity index (χ0n) is 11.7. The van der Waals surface area contributed by atoms with Crippen molar-refractivity contribution in [2.24, 2.45) is 5.92 Å². The number of ether oxygens (including phenoxy) is 2. The molecule has 0 unspecified atom stereocenters. The lowest BCUT2D eigenvalue weighted by molar-refractivity contribution is 0.111. The Balaban J connectivity index is 1.89. The first-order valence-electron chi connectivity index (χ1n) is 6.87. The number of aliphatic hydroxyl groups is 1. The molecule has 0 amide bonds. The van der Waals surface area contributed by atoms with Gasteiger partial charge in [0.2, 0.25) is 0 Å². The van der Waals surface area contributed by atoms with E-state index in [2.05, 4.69) is 5.32 Å². The van der Waals surface area contributed by atoms with E-state index in [4.69, 9.17) is 9.47 Å². The fourth-order valence-electron chi connectivity index (χ4n) is 2.56. The monoisotopic (exact) mass is 265 g/mol. The van der Waals surface area contributed by atoms with E-state index in [1.807, 2.05) is 18.2 Å². The average Bonchev–Trinajstić information content (AvgIpc) is 2.46. The summed E-state index contributed by atoms with van der Waals surface area (Å²) >= 11 is 0. The highest BCUT2D eigenvalue weighted by molar-refractivity contribution is 5.54. The summed E-state index contributed by atoms with van der Waals surface area (Å²) in [4.78, 5) is 0. The molecule has 4 nitrogen and oxygen atoms in total. The van der Waals surface area contributed by atoms with Gasteiger partial charge in [0, 0.05) is 18.3 Å². The number of nitrogens with one attached hydrogen (secondary N) is 1. The molecule has 0 aromatic heterocycles. The molecule has 4 heteroatoms. The summed E-state index contributed by atoms with van der Waals surface area (Å²) in [5.74, 6) is 2.14. The second-order valence-corrected chi connectivity index (χ2v) is 5.13. The van der Waals surface area contributed by atoms with Gasteiger partial charge in [-0.15, -0.1) is 0 Å². The number of methoxy groups -OCH3 is 2. The van der Waals surface area contributed by atoms with Gasteiger partial charge >= 0.3 is 0 Å². The van der Waals surface area contributed by atoms with Crippen LogP contribution in [0.25, 0.3) is 0 Å². The summed E-state index contributed by atoms with van der Waals surface area (Å²) in [6, 6.07) is 5.86. The molecule has 1 aliphatic rings. The van der Waals surface area contributed by atoms with E-state index in [1.54, 1.807) is 14.2 Å². The first-order valence-corrected chi connectivity index (χ1v) is 6.87. The van der Waals surface area contributed by atoms with Crippen molar-refractivity contribution in [3.8, 4) is 11.5 Å². The van der Waals surface area contributed by atoms with E-state index in [-0.39, 0.29) is 6.10 Å². The van der Waals surface area contributed by atoms with E-state index in [1.165, 1.54) is 0 Å². The Kier molecular flexibility index (Phi) is 4.91. The van der Waals surface area contributed by atoms with Gasteiger partial charge in [0.15, 0.2) is 11.5 Å². The third kappa shape index (κ3) is 3.77. The van der Waals surface area contributed by atoms with Gasteiger partial charge in [-0.05, 0) is 43.7 Å². The molecule has 2 N–H and O–H groups in total. The number of benzene rings is 1. The van der Waals surface area contributed by atoms with Gasteiger partial charge < -0.3 is 19.9 Å². The molecule has 0 radical (unpaired) electrons. The van der Waals surface area contributed by atoms with Gasteiger partial charge in [0.25, 0.3) is 0 Å². The zero-order chi connectivity index (χ0) is 13.7. The molecule has 106 valence electrons. The summed E-state index contributed by atoms with van der Waals surface area (Å²) < 4.78 is 10.5. The Morgan fingerprint density at radius 2 is 1.79 bits per heavy atom. The van der Waals surface area contributed by atoms with Crippen LogP contribution in [-0.2, 0) is 0 Å². The van der Waals surface area contributed by atoms with Gasteiger partial charge in [-0.25, -0.2) is 0 Å². The van der Waals surface area contributed by atoms with Crippen LogP contribution >= 0.6 is 0 Å². The Morgan fingerprint density at radius 3 is 2.42 bits per heavy atom. The van der Waals surface area contributed by atoms with Crippen molar-refractivity contribution in [3.05, 3.63) is 18.2 Å². The van der Waals surface area contributed by atoms with Gasteiger partial charge in [0.05, 0.1) is 20.3 Å². The first kappa shape index (κ1) is 14.0. The Bertz CT molecular complexity index is 400. The maximum absolute atomic E-state index is 9.49. The van der Waals surface area contributed by atoms with E-state index < -0.39 is 0 Å². The number of anilines is 1. The predicted octanol–water partition coefficient (Wildman–Crippen LogP) is 2.67. The highest BCUT2D eigenvalue weighted by Crippen LogP contribution is 2.30. The molecule has 19 heavy (non-hydrogen) atoms. The second-order valence-electron chi connectivity index (χ2n) is 5.13. The van der Waals surface area contributed by atoms with Crippen molar-refractivity contribution < 1.29 is 14.6 Å². The minimum Gasteiger partial charge on any atom is -0.493 e. The topological polar surface area (TPSA) is 50.7 Å². The third-order valence-corrected chi connectivity index (χ3v) is 3.79. The summed E-state index contributed by atoms with van der Waals surface area (Å²) in [6.45, 7) is 0.947. The van der Waals surface area contributed by atoms with Crippen LogP contribution in [0.1, 0.15) is 25.7 Å². The molecule has 0 saturated heterocycles. The number of hydrogen-bond acceptors (Lipinski definition) is 4. The van der Waals surface area contributed by atoms with Crippen LogP contribution in [0.15, 0.2) is 18.2 Å². The van der Waals surface area contributed by atoms with Crippen LogP contribution < -0.4 is 14.8 Å². The maximum Gasteiger partial charge on any atom is 0.162 e. The quantitative estimate of drug-likeness (QED) is 0.859. The van der Waals surface area contributed by atoms with Crippen molar-refractivity contribution in [2.45, 2.75) is 31.8 Å². The van der Waals surface area contributed by atoms with Crippen LogP contribution in [0.5, 0.6) is 11.5 Å². The molecule has 0 heterocycles. The first-order chi connectivity index (χ1) is 9.22. The molecular formula is C15H23NO3. The fraction of sp³-hybridized carbons (Fsp3) is 0.600.